The molecule has 4 heteroatoms. The Morgan fingerprint density at radius 2 is 0.903 bits per heavy atom. The van der Waals surface area contributed by atoms with Gasteiger partial charge in [0.2, 0.25) is 0 Å². The molecule has 0 spiro atoms. The molecular formula is C27H22O4. The number of carbonyl (C=O) groups is 1. The van der Waals surface area contributed by atoms with E-state index in [-0.39, 0.29) is 5.75 Å². The van der Waals surface area contributed by atoms with Gasteiger partial charge in [-0.2, -0.15) is 0 Å². The second-order valence-corrected chi connectivity index (χ2v) is 7.27. The highest BCUT2D eigenvalue weighted by Gasteiger charge is 2.02. The van der Waals surface area contributed by atoms with Crippen molar-refractivity contribution < 1.29 is 19.4 Å². The van der Waals surface area contributed by atoms with Gasteiger partial charge in [0, 0.05) is 0 Å². The lowest BCUT2D eigenvalue weighted by Crippen LogP contribution is -1.92. The van der Waals surface area contributed by atoms with Crippen molar-refractivity contribution in [1.29, 1.82) is 0 Å². The Labute approximate surface area is 181 Å². The lowest BCUT2D eigenvalue weighted by atomic mass is 10.0. The quantitative estimate of drug-likeness (QED) is 0.367. The average molecular weight is 410 g/mol. The first-order valence-corrected chi connectivity index (χ1v) is 10.0. The highest BCUT2D eigenvalue weighted by atomic mass is 16.5. The van der Waals surface area contributed by atoms with Crippen molar-refractivity contribution >= 4 is 6.47 Å². The van der Waals surface area contributed by atoms with Crippen molar-refractivity contribution in [3.05, 3.63) is 119 Å². The molecule has 31 heavy (non-hydrogen) atoms. The molecule has 0 saturated carbocycles. The molecule has 0 saturated heterocycles. The Morgan fingerprint density at radius 3 is 1.29 bits per heavy atom. The Kier molecular flexibility index (Phi) is 6.29. The normalized spacial score (nSPS) is 10.5. The zero-order valence-electron chi connectivity index (χ0n) is 16.9. The van der Waals surface area contributed by atoms with E-state index in [1.165, 1.54) is 11.1 Å². The largest absolute Gasteiger partial charge is 0.508 e. The van der Waals surface area contributed by atoms with Gasteiger partial charge in [0.1, 0.15) is 23.0 Å². The molecule has 4 rings (SSSR count). The molecule has 0 bridgehead atoms. The molecule has 0 aliphatic rings. The minimum absolute atomic E-state index is 0.278. The van der Waals surface area contributed by atoms with Crippen LogP contribution in [-0.2, 0) is 17.6 Å². The number of phenolic OH excluding ortho intramolecular Hbond substituents is 1. The van der Waals surface area contributed by atoms with Crippen molar-refractivity contribution in [2.45, 2.75) is 12.8 Å². The first-order chi connectivity index (χ1) is 15.2. The number of ether oxygens (including phenoxy) is 2. The summed E-state index contributed by atoms with van der Waals surface area (Å²) in [6.45, 7) is 0.428. The van der Waals surface area contributed by atoms with Crippen LogP contribution in [0.3, 0.4) is 0 Å². The smallest absolute Gasteiger partial charge is 0.298 e. The van der Waals surface area contributed by atoms with Crippen LogP contribution < -0.4 is 9.47 Å². The molecule has 0 fully saturated rings. The Bertz CT molecular complexity index is 1110. The molecule has 0 amide bonds. The van der Waals surface area contributed by atoms with Crippen LogP contribution in [0, 0.1) is 0 Å². The number of hydrogen-bond acceptors (Lipinski definition) is 4. The van der Waals surface area contributed by atoms with Gasteiger partial charge < -0.3 is 14.6 Å². The minimum atomic E-state index is 0.278. The fraction of sp³-hybridized carbons (Fsp3) is 0.0741. The molecule has 4 aromatic carbocycles. The lowest BCUT2D eigenvalue weighted by molar-refractivity contribution is -0.120. The highest BCUT2D eigenvalue weighted by Crippen LogP contribution is 2.24. The predicted molar refractivity (Wildman–Crippen MR) is 120 cm³/mol. The SMILES string of the molecule is O=COc1ccc(Cc2ccc(Oc3ccc(Cc4ccc(O)cc4)cc3)cc2)cc1. The number of aromatic hydroxyl groups is 1. The summed E-state index contributed by atoms with van der Waals surface area (Å²) in [5.41, 5.74) is 4.63. The van der Waals surface area contributed by atoms with Crippen molar-refractivity contribution in [2.24, 2.45) is 0 Å². The van der Waals surface area contributed by atoms with Crippen LogP contribution in [0.5, 0.6) is 23.0 Å². The highest BCUT2D eigenvalue weighted by molar-refractivity contribution is 5.45. The van der Waals surface area contributed by atoms with E-state index in [9.17, 15) is 9.90 Å². The second-order valence-electron chi connectivity index (χ2n) is 7.27. The van der Waals surface area contributed by atoms with Gasteiger partial charge in [-0.05, 0) is 83.6 Å². The first-order valence-electron chi connectivity index (χ1n) is 10.0. The average Bonchev–Trinajstić information content (AvgIpc) is 2.79. The van der Waals surface area contributed by atoms with E-state index in [1.807, 2.05) is 60.7 Å². The Balaban J connectivity index is 1.34. The van der Waals surface area contributed by atoms with Crippen molar-refractivity contribution in [3.63, 3.8) is 0 Å². The molecule has 0 atom stereocenters. The Morgan fingerprint density at radius 1 is 0.548 bits per heavy atom. The number of rotatable bonds is 8. The van der Waals surface area contributed by atoms with Crippen molar-refractivity contribution in [1.82, 2.24) is 0 Å². The maximum Gasteiger partial charge on any atom is 0.298 e. The molecule has 0 aliphatic heterocycles. The summed E-state index contributed by atoms with van der Waals surface area (Å²) in [6, 6.07) is 30.8. The van der Waals surface area contributed by atoms with Crippen LogP contribution >= 0.6 is 0 Å². The fourth-order valence-electron chi connectivity index (χ4n) is 3.31. The predicted octanol–water partition coefficient (Wildman–Crippen LogP) is 5.90. The van der Waals surface area contributed by atoms with Crippen LogP contribution in [0.4, 0.5) is 0 Å². The molecule has 0 aromatic heterocycles. The van der Waals surface area contributed by atoms with Gasteiger partial charge in [-0.3, -0.25) is 4.79 Å². The summed E-state index contributed by atoms with van der Waals surface area (Å²) in [5, 5.41) is 9.39. The van der Waals surface area contributed by atoms with Gasteiger partial charge >= 0.3 is 0 Å². The van der Waals surface area contributed by atoms with E-state index in [2.05, 4.69) is 12.1 Å². The van der Waals surface area contributed by atoms with E-state index in [1.54, 1.807) is 24.3 Å². The molecular weight excluding hydrogens is 388 g/mol. The molecule has 0 unspecified atom stereocenters. The summed E-state index contributed by atoms with van der Waals surface area (Å²) >= 11 is 0. The third kappa shape index (κ3) is 5.73. The number of phenols is 1. The topological polar surface area (TPSA) is 55.8 Å². The van der Waals surface area contributed by atoms with E-state index < -0.39 is 0 Å². The van der Waals surface area contributed by atoms with Crippen LogP contribution in [-0.4, -0.2) is 11.6 Å². The first kappa shape index (κ1) is 20.2. The van der Waals surface area contributed by atoms with Gasteiger partial charge in [0.25, 0.3) is 6.47 Å². The molecule has 0 radical (unpaired) electrons. The van der Waals surface area contributed by atoms with E-state index in [4.69, 9.17) is 9.47 Å². The molecule has 4 nitrogen and oxygen atoms in total. The standard InChI is InChI=1S/C27H22O4/c28-19-30-25-11-3-21(4-12-25)18-23-7-15-27(16-8-23)31-26-13-5-22(6-14-26)17-20-1-9-24(29)10-2-20/h1-16,19,29H,17-18H2. The van der Waals surface area contributed by atoms with Gasteiger partial charge in [0.05, 0.1) is 0 Å². The van der Waals surface area contributed by atoms with Gasteiger partial charge in [-0.1, -0.05) is 48.5 Å². The third-order valence-corrected chi connectivity index (χ3v) is 4.94. The maximum atomic E-state index is 10.4. The number of hydrogen-bond donors (Lipinski definition) is 1. The van der Waals surface area contributed by atoms with Crippen molar-refractivity contribution in [2.75, 3.05) is 0 Å². The molecule has 0 aliphatic carbocycles. The summed E-state index contributed by atoms with van der Waals surface area (Å²) < 4.78 is 10.8. The summed E-state index contributed by atoms with van der Waals surface area (Å²) in [7, 11) is 0. The second kappa shape index (κ2) is 9.63. The minimum Gasteiger partial charge on any atom is -0.508 e. The van der Waals surface area contributed by atoms with E-state index in [0.717, 1.165) is 35.5 Å². The molecule has 1 N–H and O–H groups in total. The van der Waals surface area contributed by atoms with Crippen LogP contribution in [0.25, 0.3) is 0 Å². The Hall–Kier alpha value is -4.05. The molecule has 4 aromatic rings. The third-order valence-electron chi connectivity index (χ3n) is 4.94. The summed E-state index contributed by atoms with van der Waals surface area (Å²) in [5.74, 6) is 2.38. The van der Waals surface area contributed by atoms with Crippen LogP contribution in [0.1, 0.15) is 22.3 Å². The number of carbonyl (C=O) groups excluding carboxylic acids is 1. The van der Waals surface area contributed by atoms with Crippen LogP contribution in [0.15, 0.2) is 97.1 Å². The monoisotopic (exact) mass is 410 g/mol. The molecule has 0 heterocycles. The van der Waals surface area contributed by atoms with Gasteiger partial charge in [0.15, 0.2) is 0 Å². The van der Waals surface area contributed by atoms with Gasteiger partial charge in [-0.25, -0.2) is 0 Å². The zero-order valence-corrected chi connectivity index (χ0v) is 16.9. The zero-order chi connectivity index (χ0) is 21.5. The number of benzene rings is 4. The van der Waals surface area contributed by atoms with Crippen LogP contribution in [0.2, 0.25) is 0 Å². The van der Waals surface area contributed by atoms with E-state index in [0.29, 0.717) is 12.2 Å². The lowest BCUT2D eigenvalue weighted by Gasteiger charge is -2.09. The summed E-state index contributed by atoms with van der Waals surface area (Å²) in [4.78, 5) is 10.4. The molecule has 154 valence electrons. The fourth-order valence-corrected chi connectivity index (χ4v) is 3.31. The maximum absolute atomic E-state index is 10.4. The van der Waals surface area contributed by atoms with Gasteiger partial charge in [-0.15, -0.1) is 0 Å². The summed E-state index contributed by atoms with van der Waals surface area (Å²) in [6.07, 6.45) is 1.59. The van der Waals surface area contributed by atoms with Crippen molar-refractivity contribution in [3.8, 4) is 23.0 Å². The van der Waals surface area contributed by atoms with E-state index >= 15 is 0 Å².